The van der Waals surface area contributed by atoms with Crippen LogP contribution in [-0.4, -0.2) is 29.2 Å². The molecular formula is C23H20N4O5S. The minimum Gasteiger partial charge on any atom is -0.463 e. The molecule has 168 valence electrons. The summed E-state index contributed by atoms with van der Waals surface area (Å²) < 4.78 is 5.29. The summed E-state index contributed by atoms with van der Waals surface area (Å²) in [4.78, 5) is 35.9. The Morgan fingerprint density at radius 1 is 1.21 bits per heavy atom. The Bertz CT molecular complexity index is 1200. The average molecular weight is 465 g/mol. The van der Waals surface area contributed by atoms with Gasteiger partial charge in [0.05, 0.1) is 51.1 Å². The standard InChI is InChI=1S/C23H20N4O5S/c1-2-32-23(29)20-19(15-10-6-7-11-17(15)27(30)31)16(12-24)22(33-13-18(25)28)26-21(20)14-8-4-3-5-9-14/h3-11,19,26H,2,13H2,1H3,(H2,25,28). The fraction of sp³-hybridized carbons (Fsp3) is 0.174. The topological polar surface area (TPSA) is 148 Å². The van der Waals surface area contributed by atoms with Crippen LogP contribution in [0.25, 0.3) is 5.70 Å². The van der Waals surface area contributed by atoms with Crippen LogP contribution in [0.5, 0.6) is 0 Å². The molecule has 1 aliphatic rings. The average Bonchev–Trinajstić information content (AvgIpc) is 2.82. The maximum Gasteiger partial charge on any atom is 0.337 e. The lowest BCUT2D eigenvalue weighted by Gasteiger charge is -2.30. The van der Waals surface area contributed by atoms with E-state index in [-0.39, 0.29) is 39.8 Å². The molecule has 1 aliphatic heterocycles. The summed E-state index contributed by atoms with van der Waals surface area (Å²) in [5, 5.41) is 25.2. The number of nitriles is 1. The van der Waals surface area contributed by atoms with Gasteiger partial charge >= 0.3 is 5.97 Å². The van der Waals surface area contributed by atoms with Crippen LogP contribution in [0.1, 0.15) is 24.0 Å². The Hall–Kier alpha value is -4.10. The summed E-state index contributed by atoms with van der Waals surface area (Å²) >= 11 is 0.992. The quantitative estimate of drug-likeness (QED) is 0.344. The molecule has 0 aromatic heterocycles. The number of amides is 1. The second kappa shape index (κ2) is 10.5. The molecule has 33 heavy (non-hydrogen) atoms. The molecule has 1 atom stereocenters. The normalized spacial score (nSPS) is 15.5. The molecule has 0 aliphatic carbocycles. The number of nitrogens with one attached hydrogen (secondary N) is 1. The van der Waals surface area contributed by atoms with Gasteiger partial charge in [-0.2, -0.15) is 5.26 Å². The number of benzene rings is 2. The summed E-state index contributed by atoms with van der Waals surface area (Å²) in [5.41, 5.74) is 6.28. The predicted octanol–water partition coefficient (Wildman–Crippen LogP) is 3.21. The van der Waals surface area contributed by atoms with Crippen molar-refractivity contribution in [1.82, 2.24) is 5.32 Å². The van der Waals surface area contributed by atoms with Gasteiger partial charge in [0.15, 0.2) is 0 Å². The first-order valence-electron chi connectivity index (χ1n) is 9.91. The van der Waals surface area contributed by atoms with Gasteiger partial charge in [-0.3, -0.25) is 14.9 Å². The van der Waals surface area contributed by atoms with Crippen molar-refractivity contribution in [2.45, 2.75) is 12.8 Å². The number of nitro benzene ring substituents is 1. The third-order valence-electron chi connectivity index (χ3n) is 4.81. The molecule has 1 unspecified atom stereocenters. The molecular weight excluding hydrogens is 444 g/mol. The van der Waals surface area contributed by atoms with E-state index in [0.717, 1.165) is 11.8 Å². The van der Waals surface area contributed by atoms with E-state index in [0.29, 0.717) is 11.3 Å². The Kier molecular flexibility index (Phi) is 7.48. The predicted molar refractivity (Wildman–Crippen MR) is 123 cm³/mol. The van der Waals surface area contributed by atoms with Crippen LogP contribution >= 0.6 is 11.8 Å². The molecule has 2 aromatic rings. The fourth-order valence-electron chi connectivity index (χ4n) is 3.51. The van der Waals surface area contributed by atoms with E-state index in [4.69, 9.17) is 10.5 Å². The zero-order valence-corrected chi connectivity index (χ0v) is 18.4. The van der Waals surface area contributed by atoms with E-state index in [1.165, 1.54) is 18.2 Å². The largest absolute Gasteiger partial charge is 0.463 e. The van der Waals surface area contributed by atoms with E-state index < -0.39 is 22.7 Å². The van der Waals surface area contributed by atoms with Crippen LogP contribution in [0.15, 0.2) is 70.8 Å². The fourth-order valence-corrected chi connectivity index (χ4v) is 4.29. The van der Waals surface area contributed by atoms with Crippen molar-refractivity contribution in [3.63, 3.8) is 0 Å². The summed E-state index contributed by atoms with van der Waals surface area (Å²) in [7, 11) is 0. The number of dihydropyridines is 1. The van der Waals surface area contributed by atoms with Crippen LogP contribution in [0, 0.1) is 21.4 Å². The number of carbonyl (C=O) groups excluding carboxylic acids is 2. The van der Waals surface area contributed by atoms with Gasteiger partial charge in [-0.1, -0.05) is 60.3 Å². The van der Waals surface area contributed by atoms with E-state index in [1.807, 2.05) is 0 Å². The van der Waals surface area contributed by atoms with Crippen LogP contribution < -0.4 is 11.1 Å². The first-order chi connectivity index (χ1) is 15.9. The van der Waals surface area contributed by atoms with Crippen molar-refractivity contribution < 1.29 is 19.2 Å². The molecule has 0 radical (unpaired) electrons. The third-order valence-corrected chi connectivity index (χ3v) is 5.85. The summed E-state index contributed by atoms with van der Waals surface area (Å²) in [6.07, 6.45) is 0. The number of nitrogens with zero attached hydrogens (tertiary/aromatic N) is 2. The zero-order chi connectivity index (χ0) is 24.0. The van der Waals surface area contributed by atoms with Crippen LogP contribution in [0.2, 0.25) is 0 Å². The molecule has 2 aromatic carbocycles. The molecule has 0 fully saturated rings. The molecule has 0 spiro atoms. The number of nitrogens with two attached hydrogens (primary N) is 1. The monoisotopic (exact) mass is 464 g/mol. The highest BCUT2D eigenvalue weighted by Gasteiger charge is 2.40. The summed E-state index contributed by atoms with van der Waals surface area (Å²) in [5.74, 6) is -2.54. The minimum atomic E-state index is -1.09. The second-order valence-electron chi connectivity index (χ2n) is 6.86. The third kappa shape index (κ3) is 5.05. The highest BCUT2D eigenvalue weighted by atomic mass is 32.2. The number of nitro groups is 1. The van der Waals surface area contributed by atoms with Gasteiger partial charge in [0.25, 0.3) is 5.69 Å². The molecule has 1 heterocycles. The Morgan fingerprint density at radius 3 is 2.48 bits per heavy atom. The van der Waals surface area contributed by atoms with Gasteiger partial charge in [-0.25, -0.2) is 4.79 Å². The molecule has 0 bridgehead atoms. The lowest BCUT2D eigenvalue weighted by molar-refractivity contribution is -0.385. The number of primary amides is 1. The molecule has 0 saturated carbocycles. The van der Waals surface area contributed by atoms with Gasteiger partial charge in [0.2, 0.25) is 5.91 Å². The highest BCUT2D eigenvalue weighted by molar-refractivity contribution is 8.03. The van der Waals surface area contributed by atoms with Crippen molar-refractivity contribution in [1.29, 1.82) is 5.26 Å². The van der Waals surface area contributed by atoms with Crippen LogP contribution in [-0.2, 0) is 14.3 Å². The van der Waals surface area contributed by atoms with E-state index in [1.54, 1.807) is 43.3 Å². The number of esters is 1. The lowest BCUT2D eigenvalue weighted by Crippen LogP contribution is -2.30. The van der Waals surface area contributed by atoms with Crippen molar-refractivity contribution in [2.75, 3.05) is 12.4 Å². The van der Waals surface area contributed by atoms with Crippen molar-refractivity contribution >= 4 is 35.0 Å². The lowest BCUT2D eigenvalue weighted by atomic mass is 9.80. The first-order valence-corrected chi connectivity index (χ1v) is 10.9. The van der Waals surface area contributed by atoms with E-state index >= 15 is 0 Å². The number of hydrogen-bond donors (Lipinski definition) is 2. The van der Waals surface area contributed by atoms with Crippen LogP contribution in [0.3, 0.4) is 0 Å². The summed E-state index contributed by atoms with van der Waals surface area (Å²) in [6, 6.07) is 16.8. The molecule has 3 N–H and O–H groups in total. The smallest absolute Gasteiger partial charge is 0.337 e. The molecule has 3 rings (SSSR count). The van der Waals surface area contributed by atoms with Gasteiger partial charge < -0.3 is 15.8 Å². The second-order valence-corrected chi connectivity index (χ2v) is 7.84. The number of para-hydroxylation sites is 1. The Balaban J connectivity index is 2.36. The Labute approximate surface area is 194 Å². The number of rotatable bonds is 8. The van der Waals surface area contributed by atoms with Crippen molar-refractivity contribution in [2.24, 2.45) is 5.73 Å². The molecule has 10 heteroatoms. The zero-order valence-electron chi connectivity index (χ0n) is 17.6. The van der Waals surface area contributed by atoms with Gasteiger partial charge in [0, 0.05) is 11.6 Å². The number of allylic oxidation sites excluding steroid dienone is 1. The number of hydrogen-bond acceptors (Lipinski definition) is 8. The van der Waals surface area contributed by atoms with E-state index in [9.17, 15) is 25.0 Å². The van der Waals surface area contributed by atoms with E-state index in [2.05, 4.69) is 11.4 Å². The number of ether oxygens (including phenoxy) is 1. The maximum absolute atomic E-state index is 13.2. The molecule has 9 nitrogen and oxygen atoms in total. The number of carbonyl (C=O) groups is 2. The first kappa shape index (κ1) is 23.6. The van der Waals surface area contributed by atoms with Crippen molar-refractivity contribution in [3.05, 3.63) is 92.0 Å². The number of thioether (sulfide) groups is 1. The van der Waals surface area contributed by atoms with Gasteiger partial charge in [0.1, 0.15) is 0 Å². The van der Waals surface area contributed by atoms with Gasteiger partial charge in [-0.05, 0) is 12.5 Å². The molecule has 0 saturated heterocycles. The van der Waals surface area contributed by atoms with Gasteiger partial charge in [-0.15, -0.1) is 0 Å². The SMILES string of the molecule is CCOC(=O)C1=C(c2ccccc2)NC(SCC(N)=O)=C(C#N)C1c1ccccc1[N+](=O)[O-]. The maximum atomic E-state index is 13.2. The van der Waals surface area contributed by atoms with Crippen LogP contribution in [0.4, 0.5) is 5.69 Å². The minimum absolute atomic E-state index is 0.0540. The summed E-state index contributed by atoms with van der Waals surface area (Å²) in [6.45, 7) is 1.72. The molecule has 1 amide bonds. The highest BCUT2D eigenvalue weighted by Crippen LogP contribution is 2.45. The van der Waals surface area contributed by atoms with Crippen molar-refractivity contribution in [3.8, 4) is 6.07 Å². The Morgan fingerprint density at radius 2 is 1.88 bits per heavy atom.